The van der Waals surface area contributed by atoms with Crippen molar-refractivity contribution >= 4 is 34.1 Å². The molecule has 0 aliphatic carbocycles. The first-order valence-corrected chi connectivity index (χ1v) is 7.21. The first-order chi connectivity index (χ1) is 10.5. The maximum atomic E-state index is 12.5. The third kappa shape index (κ3) is 2.78. The highest BCUT2D eigenvalue weighted by molar-refractivity contribution is 6.31. The van der Waals surface area contributed by atoms with Gasteiger partial charge in [-0.25, -0.2) is 0 Å². The van der Waals surface area contributed by atoms with Gasteiger partial charge in [-0.05, 0) is 43.7 Å². The number of amides is 1. The Balaban J connectivity index is 1.98. The lowest BCUT2D eigenvalue weighted by molar-refractivity contribution is 0.102. The van der Waals surface area contributed by atoms with Gasteiger partial charge in [0.1, 0.15) is 0 Å². The molecular formula is C17H14ClN3O. The summed E-state index contributed by atoms with van der Waals surface area (Å²) in [6.07, 6.45) is 3.38. The van der Waals surface area contributed by atoms with Gasteiger partial charge >= 0.3 is 0 Å². The number of benzene rings is 1. The highest BCUT2D eigenvalue weighted by atomic mass is 35.5. The van der Waals surface area contributed by atoms with E-state index >= 15 is 0 Å². The highest BCUT2D eigenvalue weighted by Gasteiger charge is 2.13. The second-order valence-corrected chi connectivity index (χ2v) is 5.54. The molecule has 0 radical (unpaired) electrons. The number of carbonyl (C=O) groups excluding carboxylic acids is 1. The fourth-order valence-electron chi connectivity index (χ4n) is 2.26. The zero-order valence-electron chi connectivity index (χ0n) is 12.2. The van der Waals surface area contributed by atoms with Gasteiger partial charge in [0, 0.05) is 28.5 Å². The van der Waals surface area contributed by atoms with Crippen LogP contribution in [0.1, 0.15) is 21.6 Å². The Hall–Kier alpha value is -2.46. The number of halogens is 1. The number of rotatable bonds is 2. The average Bonchev–Trinajstić information content (AvgIpc) is 2.50. The van der Waals surface area contributed by atoms with Gasteiger partial charge in [0.15, 0.2) is 0 Å². The first kappa shape index (κ1) is 14.5. The van der Waals surface area contributed by atoms with Crippen molar-refractivity contribution in [3.63, 3.8) is 0 Å². The highest BCUT2D eigenvalue weighted by Crippen LogP contribution is 2.22. The average molecular weight is 312 g/mol. The zero-order valence-corrected chi connectivity index (χ0v) is 13.0. The molecule has 0 saturated carbocycles. The van der Waals surface area contributed by atoms with Crippen LogP contribution in [-0.4, -0.2) is 15.9 Å². The first-order valence-electron chi connectivity index (χ1n) is 6.83. The Bertz CT molecular complexity index is 877. The van der Waals surface area contributed by atoms with E-state index < -0.39 is 0 Å². The lowest BCUT2D eigenvalue weighted by Crippen LogP contribution is -2.15. The molecule has 1 N–H and O–H groups in total. The van der Waals surface area contributed by atoms with Crippen molar-refractivity contribution in [2.24, 2.45) is 0 Å². The minimum Gasteiger partial charge on any atom is -0.322 e. The molecule has 0 unspecified atom stereocenters. The minimum absolute atomic E-state index is 0.207. The number of fused-ring (bicyclic) bond motifs is 1. The van der Waals surface area contributed by atoms with E-state index in [0.29, 0.717) is 22.0 Å². The maximum Gasteiger partial charge on any atom is 0.257 e. The van der Waals surface area contributed by atoms with Gasteiger partial charge < -0.3 is 5.32 Å². The Morgan fingerprint density at radius 2 is 2.00 bits per heavy atom. The molecule has 0 fully saturated rings. The van der Waals surface area contributed by atoms with E-state index in [1.165, 1.54) is 0 Å². The normalized spacial score (nSPS) is 10.7. The molecule has 0 aliphatic rings. The fraction of sp³-hybridized carbons (Fsp3) is 0.118. The molecule has 3 rings (SSSR count). The van der Waals surface area contributed by atoms with Crippen molar-refractivity contribution < 1.29 is 4.79 Å². The smallest absolute Gasteiger partial charge is 0.257 e. The van der Waals surface area contributed by atoms with E-state index in [4.69, 9.17) is 11.6 Å². The molecule has 110 valence electrons. The molecule has 1 amide bonds. The monoisotopic (exact) mass is 311 g/mol. The molecule has 0 spiro atoms. The van der Waals surface area contributed by atoms with E-state index in [1.807, 2.05) is 26.0 Å². The Kier molecular flexibility index (Phi) is 3.77. The summed E-state index contributed by atoms with van der Waals surface area (Å²) in [5.41, 5.74) is 3.67. The summed E-state index contributed by atoms with van der Waals surface area (Å²) >= 11 is 5.98. The zero-order chi connectivity index (χ0) is 15.7. The molecule has 5 heteroatoms. The summed E-state index contributed by atoms with van der Waals surface area (Å²) in [4.78, 5) is 21.0. The largest absolute Gasteiger partial charge is 0.322 e. The molecule has 0 saturated heterocycles. The molecule has 1 aromatic carbocycles. The summed E-state index contributed by atoms with van der Waals surface area (Å²) in [5.74, 6) is -0.207. The van der Waals surface area contributed by atoms with Crippen molar-refractivity contribution in [2.45, 2.75) is 13.8 Å². The molecule has 22 heavy (non-hydrogen) atoms. The van der Waals surface area contributed by atoms with Crippen molar-refractivity contribution in [3.05, 3.63) is 64.6 Å². The molecule has 0 atom stereocenters. The standard InChI is InChI=1S/C17H14ClN3O/c1-10-3-4-13(18)8-16(10)21-17(22)14-7-12-9-19-6-5-15(12)20-11(14)2/h3-9H,1-2H3,(H,21,22). The number of nitrogens with one attached hydrogen (secondary N) is 1. The van der Waals surface area contributed by atoms with Gasteiger partial charge in [0.2, 0.25) is 0 Å². The quantitative estimate of drug-likeness (QED) is 0.773. The van der Waals surface area contributed by atoms with Gasteiger partial charge in [0.05, 0.1) is 16.8 Å². The van der Waals surface area contributed by atoms with Crippen LogP contribution in [0.3, 0.4) is 0 Å². The van der Waals surface area contributed by atoms with Crippen LogP contribution in [0.4, 0.5) is 5.69 Å². The predicted octanol–water partition coefficient (Wildman–Crippen LogP) is 4.15. The fourth-order valence-corrected chi connectivity index (χ4v) is 2.43. The minimum atomic E-state index is -0.207. The van der Waals surface area contributed by atoms with Crippen LogP contribution in [0.25, 0.3) is 10.9 Å². The van der Waals surface area contributed by atoms with E-state index in [2.05, 4.69) is 15.3 Å². The second kappa shape index (κ2) is 5.73. The Labute approximate surface area is 133 Å². The number of pyridine rings is 2. The summed E-state index contributed by atoms with van der Waals surface area (Å²) in [5, 5.41) is 4.31. The molecule has 2 heterocycles. The molecular weight excluding hydrogens is 298 g/mol. The number of hydrogen-bond acceptors (Lipinski definition) is 3. The van der Waals surface area contributed by atoms with Gasteiger partial charge in [-0.15, -0.1) is 0 Å². The van der Waals surface area contributed by atoms with Crippen LogP contribution < -0.4 is 5.32 Å². The number of anilines is 1. The second-order valence-electron chi connectivity index (χ2n) is 5.10. The van der Waals surface area contributed by atoms with Gasteiger partial charge in [-0.1, -0.05) is 17.7 Å². The topological polar surface area (TPSA) is 54.9 Å². The molecule has 3 aromatic rings. The summed E-state index contributed by atoms with van der Waals surface area (Å²) in [6, 6.07) is 9.03. The lowest BCUT2D eigenvalue weighted by Gasteiger charge is -2.11. The van der Waals surface area contributed by atoms with Crippen LogP contribution in [0.15, 0.2) is 42.7 Å². The van der Waals surface area contributed by atoms with Crippen LogP contribution in [0, 0.1) is 13.8 Å². The number of aryl methyl sites for hydroxylation is 2. The molecule has 0 aliphatic heterocycles. The number of carbonyl (C=O) groups is 1. The van der Waals surface area contributed by atoms with E-state index in [-0.39, 0.29) is 5.91 Å². The Morgan fingerprint density at radius 1 is 1.18 bits per heavy atom. The van der Waals surface area contributed by atoms with E-state index in [0.717, 1.165) is 16.5 Å². The van der Waals surface area contributed by atoms with Crippen molar-refractivity contribution in [2.75, 3.05) is 5.32 Å². The van der Waals surface area contributed by atoms with Gasteiger partial charge in [-0.3, -0.25) is 14.8 Å². The van der Waals surface area contributed by atoms with Crippen molar-refractivity contribution in [1.82, 2.24) is 9.97 Å². The van der Waals surface area contributed by atoms with Crippen molar-refractivity contribution in [1.29, 1.82) is 0 Å². The summed E-state index contributed by atoms with van der Waals surface area (Å²) in [7, 11) is 0. The van der Waals surface area contributed by atoms with E-state index in [1.54, 1.807) is 30.6 Å². The molecule has 4 nitrogen and oxygen atoms in total. The van der Waals surface area contributed by atoms with Crippen LogP contribution in [0.2, 0.25) is 5.02 Å². The third-order valence-corrected chi connectivity index (χ3v) is 3.73. The predicted molar refractivity (Wildman–Crippen MR) is 88.4 cm³/mol. The number of aromatic nitrogens is 2. The number of hydrogen-bond donors (Lipinski definition) is 1. The van der Waals surface area contributed by atoms with E-state index in [9.17, 15) is 4.79 Å². The molecule has 2 aromatic heterocycles. The van der Waals surface area contributed by atoms with Gasteiger partial charge in [0.25, 0.3) is 5.91 Å². The van der Waals surface area contributed by atoms with Crippen LogP contribution in [0.5, 0.6) is 0 Å². The van der Waals surface area contributed by atoms with Crippen LogP contribution >= 0.6 is 11.6 Å². The van der Waals surface area contributed by atoms with Crippen molar-refractivity contribution in [3.8, 4) is 0 Å². The third-order valence-electron chi connectivity index (χ3n) is 3.50. The van der Waals surface area contributed by atoms with Gasteiger partial charge in [-0.2, -0.15) is 0 Å². The SMILES string of the molecule is Cc1ccc(Cl)cc1NC(=O)c1cc2cnccc2nc1C. The summed E-state index contributed by atoms with van der Waals surface area (Å²) in [6.45, 7) is 3.74. The summed E-state index contributed by atoms with van der Waals surface area (Å²) < 4.78 is 0. The van der Waals surface area contributed by atoms with Crippen LogP contribution in [-0.2, 0) is 0 Å². The lowest BCUT2D eigenvalue weighted by atomic mass is 10.1. The number of nitrogens with zero attached hydrogens (tertiary/aromatic N) is 2. The Morgan fingerprint density at radius 3 is 2.82 bits per heavy atom. The molecule has 0 bridgehead atoms. The maximum absolute atomic E-state index is 12.5.